The summed E-state index contributed by atoms with van der Waals surface area (Å²) in [4.78, 5) is 0. The van der Waals surface area contributed by atoms with Gasteiger partial charge in [0.2, 0.25) is 0 Å². The minimum Gasteiger partial charge on any atom is -0.481 e. The molecule has 0 aromatic heterocycles. The average Bonchev–Trinajstić information content (AvgIpc) is 2.84. The van der Waals surface area contributed by atoms with Crippen molar-refractivity contribution in [3.63, 3.8) is 0 Å². The summed E-state index contributed by atoms with van der Waals surface area (Å²) in [5, 5.41) is 0.687. The van der Waals surface area contributed by atoms with Gasteiger partial charge in [-0.05, 0) is 30.1 Å². The van der Waals surface area contributed by atoms with E-state index in [0.717, 1.165) is 6.42 Å². The molecule has 0 bridgehead atoms. The third-order valence-electron chi connectivity index (χ3n) is 4.26. The van der Waals surface area contributed by atoms with E-state index in [1.807, 2.05) is 30.4 Å². The van der Waals surface area contributed by atoms with Crippen molar-refractivity contribution in [3.05, 3.63) is 61.2 Å². The maximum absolute atomic E-state index is 5.91. The smallest absolute Gasteiger partial charge is 0.164 e. The van der Waals surface area contributed by atoms with Gasteiger partial charge in [0, 0.05) is 11.8 Å². The van der Waals surface area contributed by atoms with Crippen LogP contribution < -0.4 is 0 Å². The minimum atomic E-state index is -0.00541. The second-order valence-corrected chi connectivity index (χ2v) is 6.18. The number of thiocarbonyl (C=S) groups is 1. The second-order valence-electron chi connectivity index (χ2n) is 5.78. The molecule has 4 unspecified atom stereocenters. The third kappa shape index (κ3) is 4.05. The molecule has 118 valence electrons. The van der Waals surface area contributed by atoms with E-state index in [9.17, 15) is 0 Å². The maximum atomic E-state index is 5.91. The van der Waals surface area contributed by atoms with Gasteiger partial charge in [-0.15, -0.1) is 13.2 Å². The van der Waals surface area contributed by atoms with Crippen LogP contribution in [0.3, 0.4) is 0 Å². The molecule has 1 aromatic rings. The van der Waals surface area contributed by atoms with Crippen LogP contribution in [0.1, 0.15) is 18.9 Å². The lowest BCUT2D eigenvalue weighted by molar-refractivity contribution is 0.0176. The Morgan fingerprint density at radius 1 is 1.32 bits per heavy atom. The van der Waals surface area contributed by atoms with Crippen LogP contribution in [0.5, 0.6) is 0 Å². The van der Waals surface area contributed by atoms with Crippen molar-refractivity contribution in [2.45, 2.75) is 26.1 Å². The van der Waals surface area contributed by atoms with Crippen LogP contribution >= 0.6 is 12.2 Å². The minimum absolute atomic E-state index is 0.00541. The van der Waals surface area contributed by atoms with Gasteiger partial charge in [0.15, 0.2) is 5.05 Å². The first-order chi connectivity index (χ1) is 10.7. The van der Waals surface area contributed by atoms with E-state index in [-0.39, 0.29) is 12.0 Å². The fraction of sp³-hybridized carbons (Fsp3) is 0.421. The summed E-state index contributed by atoms with van der Waals surface area (Å²) in [6, 6.07) is 10.2. The summed E-state index contributed by atoms with van der Waals surface area (Å²) in [5.74, 6) is 0.861. The normalized spacial score (nSPS) is 25.5. The summed E-state index contributed by atoms with van der Waals surface area (Å²) in [7, 11) is 0. The second kappa shape index (κ2) is 8.25. The molecular weight excluding hydrogens is 292 g/mol. The Kier molecular flexibility index (Phi) is 6.34. The van der Waals surface area contributed by atoms with Gasteiger partial charge in [0.25, 0.3) is 0 Å². The largest absolute Gasteiger partial charge is 0.481 e. The standard InChI is InChI=1S/C19H24O2S/c1-4-9-16-18(14(3)5-2)17(21-19(16)22)13-20-12-15-10-7-6-8-11-15/h4-8,10-11,14,16-18H,1-2,9,12-13H2,3H3. The highest BCUT2D eigenvalue weighted by molar-refractivity contribution is 7.80. The van der Waals surface area contributed by atoms with Crippen LogP contribution in [0, 0.1) is 17.8 Å². The first kappa shape index (κ1) is 16.9. The molecule has 3 heteroatoms. The molecule has 0 spiro atoms. The van der Waals surface area contributed by atoms with E-state index < -0.39 is 0 Å². The van der Waals surface area contributed by atoms with E-state index in [0.29, 0.717) is 30.1 Å². The number of rotatable bonds is 8. The van der Waals surface area contributed by atoms with Crippen molar-refractivity contribution in [1.82, 2.24) is 0 Å². The highest BCUT2D eigenvalue weighted by atomic mass is 32.1. The van der Waals surface area contributed by atoms with E-state index in [1.54, 1.807) is 0 Å². The van der Waals surface area contributed by atoms with Gasteiger partial charge in [-0.3, -0.25) is 0 Å². The van der Waals surface area contributed by atoms with Crippen LogP contribution in [0.2, 0.25) is 0 Å². The SMILES string of the molecule is C=CCC1C(=S)OC(COCc2ccccc2)C1C(C)C=C. The fourth-order valence-electron chi connectivity index (χ4n) is 3.04. The molecule has 1 fully saturated rings. The van der Waals surface area contributed by atoms with Crippen LogP contribution in [-0.2, 0) is 16.1 Å². The van der Waals surface area contributed by atoms with Crippen molar-refractivity contribution in [2.24, 2.45) is 17.8 Å². The van der Waals surface area contributed by atoms with Gasteiger partial charge < -0.3 is 9.47 Å². The van der Waals surface area contributed by atoms with Crippen LogP contribution in [-0.4, -0.2) is 17.8 Å². The predicted molar refractivity (Wildman–Crippen MR) is 94.7 cm³/mol. The molecule has 0 saturated carbocycles. The number of benzene rings is 1. The van der Waals surface area contributed by atoms with E-state index in [2.05, 4.69) is 32.2 Å². The van der Waals surface area contributed by atoms with Gasteiger partial charge in [0.1, 0.15) is 6.10 Å². The molecule has 4 atom stereocenters. The molecule has 2 nitrogen and oxygen atoms in total. The number of hydrogen-bond donors (Lipinski definition) is 0. The van der Waals surface area contributed by atoms with Crippen molar-refractivity contribution in [3.8, 4) is 0 Å². The molecule has 2 rings (SSSR count). The number of hydrogen-bond acceptors (Lipinski definition) is 3. The maximum Gasteiger partial charge on any atom is 0.164 e. The topological polar surface area (TPSA) is 18.5 Å². The molecular formula is C19H24O2S. The highest BCUT2D eigenvalue weighted by Crippen LogP contribution is 2.38. The third-order valence-corrected chi connectivity index (χ3v) is 4.66. The monoisotopic (exact) mass is 316 g/mol. The molecule has 1 aliphatic heterocycles. The van der Waals surface area contributed by atoms with Crippen LogP contribution in [0.25, 0.3) is 0 Å². The highest BCUT2D eigenvalue weighted by Gasteiger charge is 2.43. The molecule has 0 N–H and O–H groups in total. The average molecular weight is 316 g/mol. The van der Waals surface area contributed by atoms with Gasteiger partial charge >= 0.3 is 0 Å². The molecule has 1 saturated heterocycles. The Morgan fingerprint density at radius 3 is 2.68 bits per heavy atom. The van der Waals surface area contributed by atoms with Gasteiger partial charge in [0.05, 0.1) is 13.2 Å². The molecule has 0 amide bonds. The van der Waals surface area contributed by atoms with Crippen molar-refractivity contribution >= 4 is 17.3 Å². The molecule has 1 aromatic carbocycles. The fourth-order valence-corrected chi connectivity index (χ4v) is 3.42. The zero-order valence-electron chi connectivity index (χ0n) is 13.1. The quantitative estimate of drug-likeness (QED) is 0.517. The molecule has 1 aliphatic rings. The van der Waals surface area contributed by atoms with Crippen LogP contribution in [0.15, 0.2) is 55.6 Å². The van der Waals surface area contributed by atoms with Gasteiger partial charge in [-0.2, -0.15) is 0 Å². The van der Waals surface area contributed by atoms with Crippen molar-refractivity contribution < 1.29 is 9.47 Å². The van der Waals surface area contributed by atoms with E-state index in [1.165, 1.54) is 5.56 Å². The molecule has 22 heavy (non-hydrogen) atoms. The lowest BCUT2D eigenvalue weighted by Gasteiger charge is -2.25. The van der Waals surface area contributed by atoms with Gasteiger partial charge in [-0.25, -0.2) is 0 Å². The van der Waals surface area contributed by atoms with Crippen molar-refractivity contribution in [1.29, 1.82) is 0 Å². The summed E-state index contributed by atoms with van der Waals surface area (Å²) >= 11 is 5.41. The summed E-state index contributed by atoms with van der Waals surface area (Å²) in [6.07, 6.45) is 4.73. The Bertz CT molecular complexity index is 511. The Balaban J connectivity index is 1.97. The first-order valence-corrected chi connectivity index (χ1v) is 8.13. The van der Waals surface area contributed by atoms with Crippen LogP contribution in [0.4, 0.5) is 0 Å². The lowest BCUT2D eigenvalue weighted by Crippen LogP contribution is -2.30. The Hall–Kier alpha value is -1.45. The zero-order valence-corrected chi connectivity index (χ0v) is 13.9. The molecule has 1 heterocycles. The molecule has 0 radical (unpaired) electrons. The predicted octanol–water partition coefficient (Wildman–Crippen LogP) is 4.56. The Labute approximate surface area is 138 Å². The lowest BCUT2D eigenvalue weighted by atomic mass is 9.79. The zero-order chi connectivity index (χ0) is 15.9. The summed E-state index contributed by atoms with van der Waals surface area (Å²) in [5.41, 5.74) is 1.17. The van der Waals surface area contributed by atoms with Crippen molar-refractivity contribution in [2.75, 3.05) is 6.61 Å². The van der Waals surface area contributed by atoms with E-state index in [4.69, 9.17) is 21.7 Å². The first-order valence-electron chi connectivity index (χ1n) is 7.73. The van der Waals surface area contributed by atoms with E-state index >= 15 is 0 Å². The summed E-state index contributed by atoms with van der Waals surface area (Å²) in [6.45, 7) is 11.1. The Morgan fingerprint density at radius 2 is 2.05 bits per heavy atom. The molecule has 0 aliphatic carbocycles. The summed E-state index contributed by atoms with van der Waals surface area (Å²) < 4.78 is 11.8. The number of ether oxygens (including phenoxy) is 2. The number of allylic oxidation sites excluding steroid dienone is 2. The van der Waals surface area contributed by atoms with Gasteiger partial charge in [-0.1, -0.05) is 49.4 Å².